The summed E-state index contributed by atoms with van der Waals surface area (Å²) in [5, 5.41) is 14.2. The number of piperidine rings is 1. The van der Waals surface area contributed by atoms with E-state index in [0.717, 1.165) is 4.88 Å². The average Bonchev–Trinajstić information content (AvgIpc) is 2.88. The fourth-order valence-electron chi connectivity index (χ4n) is 1.77. The van der Waals surface area contributed by atoms with E-state index in [2.05, 4.69) is 22.5 Å². The third kappa shape index (κ3) is 3.81. The first-order chi connectivity index (χ1) is 9.19. The number of aliphatic hydroxyl groups is 1. The van der Waals surface area contributed by atoms with Crippen LogP contribution in [0.5, 0.6) is 0 Å². The Morgan fingerprint density at radius 3 is 3.11 bits per heavy atom. The van der Waals surface area contributed by atoms with Crippen molar-refractivity contribution in [1.29, 1.82) is 0 Å². The predicted molar refractivity (Wildman–Crippen MR) is 71.8 cm³/mol. The Hall–Kier alpha value is -1.84. The van der Waals surface area contributed by atoms with Crippen molar-refractivity contribution in [3.63, 3.8) is 0 Å². The van der Waals surface area contributed by atoms with Gasteiger partial charge in [-0.05, 0) is 18.6 Å². The van der Waals surface area contributed by atoms with Crippen molar-refractivity contribution >= 4 is 23.2 Å². The minimum absolute atomic E-state index is 0.0146. The molecule has 0 aliphatic carbocycles. The Morgan fingerprint density at radius 2 is 2.42 bits per heavy atom. The van der Waals surface area contributed by atoms with Crippen molar-refractivity contribution in [1.82, 2.24) is 10.6 Å². The minimum atomic E-state index is -0.193. The Labute approximate surface area is 115 Å². The first-order valence-electron chi connectivity index (χ1n) is 5.96. The zero-order valence-corrected chi connectivity index (χ0v) is 11.0. The van der Waals surface area contributed by atoms with Gasteiger partial charge in [-0.25, -0.2) is 0 Å². The minimum Gasteiger partial charge on any atom is -0.384 e. The van der Waals surface area contributed by atoms with Crippen LogP contribution >= 0.6 is 11.3 Å². The van der Waals surface area contributed by atoms with E-state index in [-0.39, 0.29) is 24.5 Å². The summed E-state index contributed by atoms with van der Waals surface area (Å²) in [6, 6.07) is 3.45. The number of carbonyl (C=O) groups is 2. The molecular formula is C13H14N2O3S. The van der Waals surface area contributed by atoms with Gasteiger partial charge in [-0.1, -0.05) is 11.8 Å². The predicted octanol–water partition coefficient (Wildman–Crippen LogP) is 0.100. The lowest BCUT2D eigenvalue weighted by molar-refractivity contribution is -0.122. The van der Waals surface area contributed by atoms with Gasteiger partial charge in [0.2, 0.25) is 5.91 Å². The number of nitrogens with one attached hydrogen (secondary N) is 2. The quantitative estimate of drug-likeness (QED) is 0.671. The molecule has 0 aromatic carbocycles. The SMILES string of the molecule is O=C1CCC(NC(=O)c2ccc(C#CCO)s2)CN1. The summed E-state index contributed by atoms with van der Waals surface area (Å²) in [5.41, 5.74) is 0. The van der Waals surface area contributed by atoms with E-state index in [1.807, 2.05) is 0 Å². The van der Waals surface area contributed by atoms with Crippen LogP contribution in [0.4, 0.5) is 0 Å². The van der Waals surface area contributed by atoms with Crippen molar-refractivity contribution in [2.45, 2.75) is 18.9 Å². The lowest BCUT2D eigenvalue weighted by atomic mass is 10.1. The zero-order chi connectivity index (χ0) is 13.7. The summed E-state index contributed by atoms with van der Waals surface area (Å²) >= 11 is 1.29. The van der Waals surface area contributed by atoms with Gasteiger partial charge in [-0.15, -0.1) is 11.3 Å². The van der Waals surface area contributed by atoms with Gasteiger partial charge in [-0.2, -0.15) is 0 Å². The van der Waals surface area contributed by atoms with E-state index in [9.17, 15) is 9.59 Å². The summed E-state index contributed by atoms with van der Waals surface area (Å²) in [7, 11) is 0. The third-order valence-corrected chi connectivity index (χ3v) is 3.72. The highest BCUT2D eigenvalue weighted by Crippen LogP contribution is 2.16. The molecule has 1 saturated heterocycles. The van der Waals surface area contributed by atoms with Gasteiger partial charge in [-0.3, -0.25) is 9.59 Å². The van der Waals surface area contributed by atoms with Crippen molar-refractivity contribution in [3.05, 3.63) is 21.9 Å². The van der Waals surface area contributed by atoms with Crippen molar-refractivity contribution < 1.29 is 14.7 Å². The molecule has 1 aliphatic heterocycles. The van der Waals surface area contributed by atoms with Crippen LogP contribution in [0.1, 0.15) is 27.4 Å². The molecule has 1 aromatic rings. The number of hydrogen-bond donors (Lipinski definition) is 3. The Kier molecular flexibility index (Phi) is 4.55. The van der Waals surface area contributed by atoms with Gasteiger partial charge >= 0.3 is 0 Å². The number of hydrogen-bond acceptors (Lipinski definition) is 4. The molecule has 2 rings (SSSR count). The van der Waals surface area contributed by atoms with E-state index >= 15 is 0 Å². The zero-order valence-electron chi connectivity index (χ0n) is 10.2. The topological polar surface area (TPSA) is 78.4 Å². The van der Waals surface area contributed by atoms with Gasteiger partial charge in [0, 0.05) is 19.0 Å². The van der Waals surface area contributed by atoms with Gasteiger partial charge < -0.3 is 15.7 Å². The second-order valence-electron chi connectivity index (χ2n) is 4.14. The Morgan fingerprint density at radius 1 is 1.58 bits per heavy atom. The molecule has 1 unspecified atom stereocenters. The summed E-state index contributed by atoms with van der Waals surface area (Å²) in [5.74, 6) is 5.18. The molecule has 5 nitrogen and oxygen atoms in total. The average molecular weight is 278 g/mol. The van der Waals surface area contributed by atoms with E-state index in [1.54, 1.807) is 12.1 Å². The van der Waals surface area contributed by atoms with Gasteiger partial charge in [0.25, 0.3) is 5.91 Å². The van der Waals surface area contributed by atoms with Crippen LogP contribution < -0.4 is 10.6 Å². The second-order valence-corrected chi connectivity index (χ2v) is 5.22. The molecule has 2 amide bonds. The highest BCUT2D eigenvalue weighted by atomic mass is 32.1. The van der Waals surface area contributed by atoms with Crippen LogP contribution in [0.2, 0.25) is 0 Å². The first kappa shape index (κ1) is 13.6. The molecular weight excluding hydrogens is 264 g/mol. The summed E-state index contributed by atoms with van der Waals surface area (Å²) in [4.78, 5) is 24.3. The van der Waals surface area contributed by atoms with Gasteiger partial charge in [0.1, 0.15) is 6.61 Å². The largest absolute Gasteiger partial charge is 0.384 e. The third-order valence-electron chi connectivity index (χ3n) is 2.72. The lowest BCUT2D eigenvalue weighted by Gasteiger charge is -2.23. The highest BCUT2D eigenvalue weighted by molar-refractivity contribution is 7.14. The second kappa shape index (κ2) is 6.36. The van der Waals surface area contributed by atoms with Crippen molar-refractivity contribution in [2.24, 2.45) is 0 Å². The molecule has 0 spiro atoms. The van der Waals surface area contributed by atoms with Crippen LogP contribution in [0.3, 0.4) is 0 Å². The number of aliphatic hydroxyl groups excluding tert-OH is 1. The van der Waals surface area contributed by atoms with Gasteiger partial charge in [0.05, 0.1) is 9.75 Å². The van der Waals surface area contributed by atoms with E-state index < -0.39 is 0 Å². The molecule has 3 N–H and O–H groups in total. The fourth-order valence-corrected chi connectivity index (χ4v) is 2.55. The Bertz CT molecular complexity index is 532. The summed E-state index contributed by atoms with van der Waals surface area (Å²) < 4.78 is 0. The molecule has 1 atom stereocenters. The molecule has 1 fully saturated rings. The molecule has 2 heterocycles. The summed E-state index contributed by atoms with van der Waals surface area (Å²) in [6.45, 7) is 0.286. The lowest BCUT2D eigenvalue weighted by Crippen LogP contribution is -2.47. The number of carbonyl (C=O) groups excluding carboxylic acids is 2. The highest BCUT2D eigenvalue weighted by Gasteiger charge is 2.20. The molecule has 6 heteroatoms. The molecule has 0 radical (unpaired) electrons. The van der Waals surface area contributed by atoms with Crippen molar-refractivity contribution in [3.8, 4) is 11.8 Å². The Balaban J connectivity index is 1.92. The van der Waals surface area contributed by atoms with Crippen LogP contribution in [0.15, 0.2) is 12.1 Å². The van der Waals surface area contributed by atoms with E-state index in [1.165, 1.54) is 11.3 Å². The molecule has 0 bridgehead atoms. The molecule has 1 aromatic heterocycles. The first-order valence-corrected chi connectivity index (χ1v) is 6.78. The number of rotatable bonds is 2. The van der Waals surface area contributed by atoms with Crippen molar-refractivity contribution in [2.75, 3.05) is 13.2 Å². The van der Waals surface area contributed by atoms with Crippen LogP contribution in [-0.4, -0.2) is 36.1 Å². The van der Waals surface area contributed by atoms with E-state index in [0.29, 0.717) is 24.3 Å². The number of thiophene rings is 1. The maximum atomic E-state index is 12.0. The summed E-state index contributed by atoms with van der Waals surface area (Å²) in [6.07, 6.45) is 1.11. The molecule has 100 valence electrons. The van der Waals surface area contributed by atoms with Crippen LogP contribution in [0.25, 0.3) is 0 Å². The van der Waals surface area contributed by atoms with Crippen LogP contribution in [-0.2, 0) is 4.79 Å². The molecule has 0 saturated carbocycles. The monoisotopic (exact) mass is 278 g/mol. The molecule has 19 heavy (non-hydrogen) atoms. The maximum absolute atomic E-state index is 12.0. The fraction of sp³-hybridized carbons (Fsp3) is 0.385. The normalized spacial score (nSPS) is 18.2. The maximum Gasteiger partial charge on any atom is 0.261 e. The standard InChI is InChI=1S/C13H14N2O3S/c16-7-1-2-10-4-5-11(19-10)13(18)15-9-3-6-12(17)14-8-9/h4-5,9,16H,3,6-8H2,(H,14,17)(H,15,18). The van der Waals surface area contributed by atoms with Gasteiger partial charge in [0.15, 0.2) is 0 Å². The smallest absolute Gasteiger partial charge is 0.261 e. The number of amides is 2. The van der Waals surface area contributed by atoms with Crippen LogP contribution in [0, 0.1) is 11.8 Å². The van der Waals surface area contributed by atoms with E-state index in [4.69, 9.17) is 5.11 Å². The molecule has 1 aliphatic rings.